The number of aryl methyl sites for hydroxylation is 1. The molecule has 5 rings (SSSR count). The number of ether oxygens (including phenoxy) is 1. The summed E-state index contributed by atoms with van der Waals surface area (Å²) in [6.45, 7) is 2.58. The van der Waals surface area contributed by atoms with Gasteiger partial charge in [-0.15, -0.1) is 0 Å². The van der Waals surface area contributed by atoms with Crippen LogP contribution in [0.1, 0.15) is 17.5 Å². The Morgan fingerprint density at radius 2 is 1.89 bits per heavy atom. The first kappa shape index (κ1) is 23.0. The lowest BCUT2D eigenvalue weighted by Gasteiger charge is -2.23. The zero-order valence-electron chi connectivity index (χ0n) is 19.4. The van der Waals surface area contributed by atoms with E-state index in [0.717, 1.165) is 15.8 Å². The minimum absolute atomic E-state index is 0.0920. The van der Waals surface area contributed by atoms with Crippen LogP contribution in [0.5, 0.6) is 5.75 Å². The second-order valence-corrected chi connectivity index (χ2v) is 9.53. The van der Waals surface area contributed by atoms with Crippen molar-refractivity contribution in [1.82, 2.24) is 4.98 Å². The average molecular weight is 490 g/mol. The number of hydrogen-bond acceptors (Lipinski definition) is 5. The fourth-order valence-electron chi connectivity index (χ4n) is 4.35. The third-order valence-corrected chi connectivity index (χ3v) is 7.42. The fraction of sp³-hybridized carbons (Fsp3) is 0.222. The number of halogens is 1. The predicted octanol–water partition coefficient (Wildman–Crippen LogP) is 5.34. The van der Waals surface area contributed by atoms with E-state index in [2.05, 4.69) is 0 Å². The first-order valence-electron chi connectivity index (χ1n) is 11.3. The van der Waals surface area contributed by atoms with Crippen LogP contribution in [0.3, 0.4) is 0 Å². The predicted molar refractivity (Wildman–Crippen MR) is 135 cm³/mol. The van der Waals surface area contributed by atoms with Crippen LogP contribution in [0, 0.1) is 18.7 Å². The van der Waals surface area contributed by atoms with Crippen molar-refractivity contribution >= 4 is 44.2 Å². The quantitative estimate of drug-likeness (QED) is 0.367. The highest BCUT2D eigenvalue weighted by molar-refractivity contribution is 7.22. The van der Waals surface area contributed by atoms with Gasteiger partial charge >= 0.3 is 0 Å². The molecule has 0 spiro atoms. The lowest BCUT2D eigenvalue weighted by atomic mass is 10.1. The first-order chi connectivity index (χ1) is 16.9. The summed E-state index contributed by atoms with van der Waals surface area (Å²) >= 11 is 1.44. The molecule has 2 heterocycles. The molecule has 1 aromatic heterocycles. The third kappa shape index (κ3) is 4.49. The van der Waals surface area contributed by atoms with Gasteiger partial charge in [0.25, 0.3) is 0 Å². The molecule has 2 amide bonds. The van der Waals surface area contributed by atoms with E-state index in [9.17, 15) is 14.0 Å². The van der Waals surface area contributed by atoms with E-state index in [1.54, 1.807) is 29.0 Å². The zero-order valence-corrected chi connectivity index (χ0v) is 20.2. The molecule has 6 nitrogen and oxygen atoms in total. The Bertz CT molecular complexity index is 1390. The van der Waals surface area contributed by atoms with Crippen molar-refractivity contribution in [3.05, 3.63) is 83.7 Å². The number of carbonyl (C=O) groups is 2. The number of rotatable bonds is 6. The summed E-state index contributed by atoms with van der Waals surface area (Å²) in [5, 5.41) is 0.564. The number of aromatic nitrogens is 1. The molecule has 0 radical (unpaired) electrons. The molecule has 0 bridgehead atoms. The maximum Gasteiger partial charge on any atom is 0.234 e. The second kappa shape index (κ2) is 9.46. The maximum absolute atomic E-state index is 13.9. The Labute approximate surface area is 206 Å². The van der Waals surface area contributed by atoms with Crippen molar-refractivity contribution in [3.8, 4) is 5.75 Å². The smallest absolute Gasteiger partial charge is 0.234 e. The van der Waals surface area contributed by atoms with E-state index in [0.29, 0.717) is 28.6 Å². The molecule has 1 aliphatic rings. The number of anilines is 2. The van der Waals surface area contributed by atoms with Crippen LogP contribution in [-0.4, -0.2) is 30.5 Å². The molecule has 3 aromatic carbocycles. The topological polar surface area (TPSA) is 62.7 Å². The van der Waals surface area contributed by atoms with E-state index in [4.69, 9.17) is 9.72 Å². The Morgan fingerprint density at radius 3 is 2.60 bits per heavy atom. The van der Waals surface area contributed by atoms with E-state index in [-0.39, 0.29) is 30.6 Å². The van der Waals surface area contributed by atoms with Crippen LogP contribution in [0.15, 0.2) is 66.7 Å². The Kier molecular flexibility index (Phi) is 6.21. The summed E-state index contributed by atoms with van der Waals surface area (Å²) in [7, 11) is 1.60. The number of fused-ring (bicyclic) bond motifs is 1. The molecule has 4 aromatic rings. The summed E-state index contributed by atoms with van der Waals surface area (Å²) in [5.41, 5.74) is 3.31. The van der Waals surface area contributed by atoms with Gasteiger partial charge in [-0.05, 0) is 48.4 Å². The van der Waals surface area contributed by atoms with Gasteiger partial charge < -0.3 is 9.64 Å². The minimum atomic E-state index is -0.536. The van der Waals surface area contributed by atoms with E-state index >= 15 is 0 Å². The van der Waals surface area contributed by atoms with Gasteiger partial charge in [0.05, 0.1) is 24.3 Å². The monoisotopic (exact) mass is 489 g/mol. The number of amides is 2. The van der Waals surface area contributed by atoms with Crippen molar-refractivity contribution in [2.45, 2.75) is 19.9 Å². The van der Waals surface area contributed by atoms with Crippen molar-refractivity contribution in [2.24, 2.45) is 5.92 Å². The molecule has 1 fully saturated rings. The normalized spacial score (nSPS) is 15.6. The van der Waals surface area contributed by atoms with E-state index in [1.165, 1.54) is 23.5 Å². The fourth-order valence-corrected chi connectivity index (χ4v) is 5.40. The molecule has 1 unspecified atom stereocenters. The summed E-state index contributed by atoms with van der Waals surface area (Å²) in [4.78, 5) is 34.7. The van der Waals surface area contributed by atoms with Gasteiger partial charge in [0.1, 0.15) is 17.1 Å². The molecule has 1 aliphatic heterocycles. The molecule has 35 heavy (non-hydrogen) atoms. The third-order valence-electron chi connectivity index (χ3n) is 6.21. The molecule has 1 saturated heterocycles. The second-order valence-electron chi connectivity index (χ2n) is 8.55. The summed E-state index contributed by atoms with van der Waals surface area (Å²) in [6, 6.07) is 19.3. The van der Waals surface area contributed by atoms with Crippen molar-refractivity contribution < 1.29 is 18.7 Å². The maximum atomic E-state index is 13.9. The molecule has 8 heteroatoms. The molecular formula is C27H24FN3O3S. The van der Waals surface area contributed by atoms with Gasteiger partial charge in [-0.1, -0.05) is 47.7 Å². The Hall–Kier alpha value is -3.78. The minimum Gasteiger partial charge on any atom is -0.494 e. The standard InChI is InChI=1S/C27H24FN3O3S/c1-17-8-13-22(34-2)24-25(17)35-27(29-24)31(15-18-6-4-3-5-7-18)26(33)19-14-23(32)30(16-19)21-11-9-20(28)10-12-21/h3-13,19H,14-16H2,1-2H3. The summed E-state index contributed by atoms with van der Waals surface area (Å²) < 4.78 is 19.8. The first-order valence-corrected chi connectivity index (χ1v) is 12.1. The van der Waals surface area contributed by atoms with Crippen molar-refractivity contribution in [1.29, 1.82) is 0 Å². The Balaban J connectivity index is 1.50. The molecule has 0 aliphatic carbocycles. The number of nitrogens with zero attached hydrogens (tertiary/aromatic N) is 3. The van der Waals surface area contributed by atoms with Crippen LogP contribution < -0.4 is 14.5 Å². The largest absolute Gasteiger partial charge is 0.494 e. The van der Waals surface area contributed by atoms with Gasteiger partial charge in [-0.3, -0.25) is 14.5 Å². The van der Waals surface area contributed by atoms with Crippen LogP contribution in [0.2, 0.25) is 0 Å². The number of benzene rings is 3. The van der Waals surface area contributed by atoms with Gasteiger partial charge in [0.2, 0.25) is 11.8 Å². The molecular weight excluding hydrogens is 465 g/mol. The molecule has 1 atom stereocenters. The SMILES string of the molecule is COc1ccc(C)c2sc(N(Cc3ccccc3)C(=O)C3CC(=O)N(c4ccc(F)cc4)C3)nc12. The van der Waals surface area contributed by atoms with E-state index < -0.39 is 5.92 Å². The summed E-state index contributed by atoms with van der Waals surface area (Å²) in [6.07, 6.45) is 0.0920. The highest BCUT2D eigenvalue weighted by atomic mass is 32.1. The molecule has 0 N–H and O–H groups in total. The lowest BCUT2D eigenvalue weighted by Crippen LogP contribution is -2.37. The average Bonchev–Trinajstić information content (AvgIpc) is 3.48. The van der Waals surface area contributed by atoms with Crippen molar-refractivity contribution in [3.63, 3.8) is 0 Å². The summed E-state index contributed by atoms with van der Waals surface area (Å²) in [5.74, 6) is -0.576. The number of hydrogen-bond donors (Lipinski definition) is 0. The van der Waals surface area contributed by atoms with Gasteiger partial charge in [-0.25, -0.2) is 9.37 Å². The van der Waals surface area contributed by atoms with Gasteiger partial charge in [0, 0.05) is 18.7 Å². The van der Waals surface area contributed by atoms with Crippen LogP contribution in [0.25, 0.3) is 10.2 Å². The van der Waals surface area contributed by atoms with Crippen LogP contribution in [0.4, 0.5) is 15.2 Å². The zero-order chi connectivity index (χ0) is 24.5. The van der Waals surface area contributed by atoms with E-state index in [1.807, 2.05) is 49.4 Å². The molecule has 0 saturated carbocycles. The number of thiazole rings is 1. The highest BCUT2D eigenvalue weighted by Gasteiger charge is 2.38. The molecule has 178 valence electrons. The van der Waals surface area contributed by atoms with Crippen LogP contribution >= 0.6 is 11.3 Å². The van der Waals surface area contributed by atoms with Gasteiger partial charge in [-0.2, -0.15) is 0 Å². The van der Waals surface area contributed by atoms with Crippen LogP contribution in [-0.2, 0) is 16.1 Å². The number of carbonyl (C=O) groups excluding carboxylic acids is 2. The highest BCUT2D eigenvalue weighted by Crippen LogP contribution is 2.38. The lowest BCUT2D eigenvalue weighted by molar-refractivity contribution is -0.124. The Morgan fingerprint density at radius 1 is 1.14 bits per heavy atom. The van der Waals surface area contributed by atoms with Gasteiger partial charge in [0.15, 0.2) is 5.13 Å². The van der Waals surface area contributed by atoms with Crippen molar-refractivity contribution in [2.75, 3.05) is 23.5 Å². The number of methoxy groups -OCH3 is 1.